The van der Waals surface area contributed by atoms with Crippen molar-refractivity contribution in [3.05, 3.63) is 41.1 Å². The van der Waals surface area contributed by atoms with Gasteiger partial charge < -0.3 is 14.8 Å². The van der Waals surface area contributed by atoms with Gasteiger partial charge >= 0.3 is 0 Å². The third-order valence-electron chi connectivity index (χ3n) is 3.08. The Morgan fingerprint density at radius 1 is 1.14 bits per heavy atom. The molecule has 0 spiro atoms. The molecule has 0 saturated carbocycles. The predicted octanol–water partition coefficient (Wildman–Crippen LogP) is 2.14. The van der Waals surface area contributed by atoms with E-state index in [1.54, 1.807) is 30.3 Å². The highest BCUT2D eigenvalue weighted by Gasteiger charge is 2.33. The fraction of sp³-hybridized carbons (Fsp3) is 0.267. The molecule has 0 atom stereocenters. The second-order valence-corrected chi connectivity index (χ2v) is 4.43. The molecule has 6 heteroatoms. The normalized spacial score (nSPS) is 15.3. The van der Waals surface area contributed by atoms with E-state index in [4.69, 9.17) is 25.3 Å². The molecule has 0 unspecified atom stereocenters. The van der Waals surface area contributed by atoms with Gasteiger partial charge in [0.05, 0.1) is 13.2 Å². The standard InChI is InChI=1S/C15H12N4O2/c1-15(20-5-6-21-15)12-3-2-4-13(7-12)19-14(10-18)11(8-16)9-17/h2-4,7,19H,5-6H2,1H3. The average Bonchev–Trinajstić information content (AvgIpc) is 2.96. The predicted molar refractivity (Wildman–Crippen MR) is 73.2 cm³/mol. The summed E-state index contributed by atoms with van der Waals surface area (Å²) >= 11 is 0. The largest absolute Gasteiger partial charge is 0.345 e. The maximum atomic E-state index is 9.03. The highest BCUT2D eigenvalue weighted by atomic mass is 16.7. The molecule has 1 aromatic rings. The third-order valence-corrected chi connectivity index (χ3v) is 3.08. The second kappa shape index (κ2) is 6.07. The van der Waals surface area contributed by atoms with E-state index in [1.807, 2.05) is 19.1 Å². The van der Waals surface area contributed by atoms with Gasteiger partial charge in [-0.05, 0) is 19.1 Å². The smallest absolute Gasteiger partial charge is 0.192 e. The Labute approximate surface area is 122 Å². The van der Waals surface area contributed by atoms with Crippen LogP contribution < -0.4 is 5.32 Å². The summed E-state index contributed by atoms with van der Waals surface area (Å²) in [5, 5.41) is 29.4. The van der Waals surface area contributed by atoms with Crippen LogP contribution in [0.25, 0.3) is 0 Å². The first kappa shape index (κ1) is 14.6. The summed E-state index contributed by atoms with van der Waals surface area (Å²) in [6.07, 6.45) is 0. The van der Waals surface area contributed by atoms with Crippen molar-refractivity contribution in [3.63, 3.8) is 0 Å². The molecule has 1 aliphatic rings. The highest BCUT2D eigenvalue weighted by Crippen LogP contribution is 2.32. The molecule has 1 aromatic carbocycles. The number of nitriles is 3. The minimum atomic E-state index is -0.818. The van der Waals surface area contributed by atoms with Crippen LogP contribution in [0.4, 0.5) is 5.69 Å². The number of benzene rings is 1. The molecule has 104 valence electrons. The lowest BCUT2D eigenvalue weighted by molar-refractivity contribution is -0.149. The summed E-state index contributed by atoms with van der Waals surface area (Å²) in [5.41, 5.74) is 1.02. The lowest BCUT2D eigenvalue weighted by Gasteiger charge is -2.23. The minimum absolute atomic E-state index is 0.0874. The van der Waals surface area contributed by atoms with Crippen LogP contribution in [0.2, 0.25) is 0 Å². The Morgan fingerprint density at radius 2 is 1.81 bits per heavy atom. The van der Waals surface area contributed by atoms with Crippen molar-refractivity contribution in [2.24, 2.45) is 0 Å². The van der Waals surface area contributed by atoms with Gasteiger partial charge in [-0.1, -0.05) is 12.1 Å². The quantitative estimate of drug-likeness (QED) is 0.851. The van der Waals surface area contributed by atoms with Gasteiger partial charge in [-0.2, -0.15) is 15.8 Å². The van der Waals surface area contributed by atoms with Crippen molar-refractivity contribution < 1.29 is 9.47 Å². The van der Waals surface area contributed by atoms with Gasteiger partial charge in [0.25, 0.3) is 0 Å². The second-order valence-electron chi connectivity index (χ2n) is 4.43. The zero-order valence-electron chi connectivity index (χ0n) is 11.4. The fourth-order valence-electron chi connectivity index (χ4n) is 1.99. The Balaban J connectivity index is 2.31. The summed E-state index contributed by atoms with van der Waals surface area (Å²) in [6.45, 7) is 2.85. The number of hydrogen-bond donors (Lipinski definition) is 1. The monoisotopic (exact) mass is 280 g/mol. The van der Waals surface area contributed by atoms with Gasteiger partial charge in [0.15, 0.2) is 11.4 Å². The Kier molecular flexibility index (Phi) is 4.21. The molecule has 0 amide bonds. The van der Waals surface area contributed by atoms with Crippen LogP contribution in [-0.4, -0.2) is 13.2 Å². The number of ether oxygens (including phenoxy) is 2. The molecule has 0 bridgehead atoms. The van der Waals surface area contributed by atoms with E-state index >= 15 is 0 Å². The maximum Gasteiger partial charge on any atom is 0.192 e. The summed E-state index contributed by atoms with van der Waals surface area (Å²) < 4.78 is 11.1. The molecule has 1 saturated heterocycles. The Bertz CT molecular complexity index is 682. The van der Waals surface area contributed by atoms with E-state index in [0.29, 0.717) is 18.9 Å². The first-order valence-electron chi connectivity index (χ1n) is 6.23. The molecule has 0 radical (unpaired) electrons. The Hall–Kier alpha value is -2.85. The van der Waals surface area contributed by atoms with Crippen molar-refractivity contribution >= 4 is 5.69 Å². The minimum Gasteiger partial charge on any atom is -0.345 e. The van der Waals surface area contributed by atoms with E-state index in [2.05, 4.69) is 5.32 Å². The van der Waals surface area contributed by atoms with Crippen LogP contribution in [0.15, 0.2) is 35.5 Å². The highest BCUT2D eigenvalue weighted by molar-refractivity contribution is 5.59. The van der Waals surface area contributed by atoms with Crippen molar-refractivity contribution in [2.75, 3.05) is 18.5 Å². The van der Waals surface area contributed by atoms with E-state index in [1.165, 1.54) is 0 Å². The number of anilines is 1. The van der Waals surface area contributed by atoms with E-state index in [9.17, 15) is 0 Å². The van der Waals surface area contributed by atoms with Gasteiger partial charge in [-0.15, -0.1) is 0 Å². The van der Waals surface area contributed by atoms with E-state index in [-0.39, 0.29) is 11.3 Å². The maximum absolute atomic E-state index is 9.03. The summed E-state index contributed by atoms with van der Waals surface area (Å²) in [4.78, 5) is 0. The Morgan fingerprint density at radius 3 is 2.38 bits per heavy atom. The SMILES string of the molecule is CC1(c2cccc(NC(C#N)=C(C#N)C#N)c2)OCCO1. The zero-order chi connectivity index (χ0) is 15.3. The van der Waals surface area contributed by atoms with Crippen LogP contribution in [0.3, 0.4) is 0 Å². The number of allylic oxidation sites excluding steroid dienone is 2. The lowest BCUT2D eigenvalue weighted by atomic mass is 10.1. The number of nitrogens with one attached hydrogen (secondary N) is 1. The molecule has 21 heavy (non-hydrogen) atoms. The number of hydrogen-bond acceptors (Lipinski definition) is 6. The van der Waals surface area contributed by atoms with Gasteiger partial charge in [0.2, 0.25) is 0 Å². The van der Waals surface area contributed by atoms with Crippen LogP contribution >= 0.6 is 0 Å². The van der Waals surface area contributed by atoms with Crippen LogP contribution in [0.1, 0.15) is 12.5 Å². The van der Waals surface area contributed by atoms with Gasteiger partial charge in [0, 0.05) is 11.3 Å². The molecule has 2 rings (SSSR count). The molecule has 1 N–H and O–H groups in total. The molecule has 0 aliphatic carbocycles. The molecule has 1 aliphatic heterocycles. The first-order valence-corrected chi connectivity index (χ1v) is 6.23. The molecular formula is C15H12N4O2. The molecule has 1 heterocycles. The average molecular weight is 280 g/mol. The molecule has 0 aromatic heterocycles. The van der Waals surface area contributed by atoms with Crippen LogP contribution in [0, 0.1) is 34.0 Å². The molecule has 6 nitrogen and oxygen atoms in total. The van der Waals surface area contributed by atoms with Gasteiger partial charge in [0.1, 0.15) is 23.9 Å². The molecule has 1 fully saturated rings. The topological polar surface area (TPSA) is 102 Å². The summed E-state index contributed by atoms with van der Waals surface area (Å²) in [6, 6.07) is 12.3. The van der Waals surface area contributed by atoms with Gasteiger partial charge in [-0.3, -0.25) is 0 Å². The van der Waals surface area contributed by atoms with Crippen molar-refractivity contribution in [2.45, 2.75) is 12.7 Å². The van der Waals surface area contributed by atoms with Crippen LogP contribution in [-0.2, 0) is 15.3 Å². The fourth-order valence-corrected chi connectivity index (χ4v) is 1.99. The van der Waals surface area contributed by atoms with Crippen molar-refractivity contribution in [1.29, 1.82) is 15.8 Å². The molecular weight excluding hydrogens is 268 g/mol. The number of rotatable bonds is 3. The van der Waals surface area contributed by atoms with E-state index in [0.717, 1.165) is 5.56 Å². The summed E-state index contributed by atoms with van der Waals surface area (Å²) in [7, 11) is 0. The lowest BCUT2D eigenvalue weighted by Crippen LogP contribution is -2.22. The third kappa shape index (κ3) is 3.01. The van der Waals surface area contributed by atoms with Gasteiger partial charge in [-0.25, -0.2) is 0 Å². The summed E-state index contributed by atoms with van der Waals surface area (Å²) in [5.74, 6) is -0.818. The first-order chi connectivity index (χ1) is 10.1. The van der Waals surface area contributed by atoms with Crippen molar-refractivity contribution in [1.82, 2.24) is 0 Å². The van der Waals surface area contributed by atoms with Crippen LogP contribution in [0.5, 0.6) is 0 Å². The van der Waals surface area contributed by atoms with E-state index < -0.39 is 5.79 Å². The zero-order valence-corrected chi connectivity index (χ0v) is 11.4. The van der Waals surface area contributed by atoms with Crippen molar-refractivity contribution in [3.8, 4) is 18.2 Å². The number of nitrogens with zero attached hydrogens (tertiary/aromatic N) is 3.